The summed E-state index contributed by atoms with van der Waals surface area (Å²) >= 11 is 0. The first kappa shape index (κ1) is 15.0. The van der Waals surface area contributed by atoms with Crippen molar-refractivity contribution in [1.29, 1.82) is 0 Å². The molecule has 1 rings (SSSR count). The lowest BCUT2D eigenvalue weighted by Crippen LogP contribution is -2.09. The Labute approximate surface area is 112 Å². The van der Waals surface area contributed by atoms with E-state index in [1.807, 2.05) is 0 Å². The Bertz CT molecular complexity index is 453. The van der Waals surface area contributed by atoms with Crippen LogP contribution in [-0.2, 0) is 9.53 Å². The van der Waals surface area contributed by atoms with Crippen molar-refractivity contribution in [2.75, 3.05) is 13.7 Å². The van der Waals surface area contributed by atoms with E-state index in [2.05, 4.69) is 6.92 Å². The molecule has 0 amide bonds. The number of esters is 2. The molecule has 0 fully saturated rings. The summed E-state index contributed by atoms with van der Waals surface area (Å²) in [5, 5.41) is 0. The first-order valence-corrected chi connectivity index (χ1v) is 5.97. The average molecular weight is 265 g/mol. The Morgan fingerprint density at radius 1 is 1.26 bits per heavy atom. The fourth-order valence-electron chi connectivity index (χ4n) is 1.41. The van der Waals surface area contributed by atoms with Gasteiger partial charge in [0.2, 0.25) is 0 Å². The van der Waals surface area contributed by atoms with E-state index in [-0.39, 0.29) is 12.2 Å². The van der Waals surface area contributed by atoms with Crippen molar-refractivity contribution in [1.82, 2.24) is 0 Å². The lowest BCUT2D eigenvalue weighted by atomic mass is 10.2. The van der Waals surface area contributed by atoms with E-state index < -0.39 is 11.9 Å². The summed E-state index contributed by atoms with van der Waals surface area (Å²) in [6, 6.07) is 4.50. The van der Waals surface area contributed by atoms with Crippen LogP contribution in [0.4, 0.5) is 0 Å². The van der Waals surface area contributed by atoms with Gasteiger partial charge in [-0.05, 0) is 31.5 Å². The molecule has 1 aromatic rings. The number of carbonyl (C=O) groups excluding carboxylic acids is 2. The number of carbonyl (C=O) groups is 2. The molecule has 1 aromatic carbocycles. The van der Waals surface area contributed by atoms with Crippen LogP contribution < -0.4 is 9.47 Å². The molecule has 0 aliphatic carbocycles. The predicted molar refractivity (Wildman–Crippen MR) is 69.2 cm³/mol. The second kappa shape index (κ2) is 7.41. The summed E-state index contributed by atoms with van der Waals surface area (Å²) in [4.78, 5) is 22.9. The smallest absolute Gasteiger partial charge is 0.338 e. The van der Waals surface area contributed by atoms with Crippen LogP contribution in [0.3, 0.4) is 0 Å². The van der Waals surface area contributed by atoms with Crippen molar-refractivity contribution in [2.45, 2.75) is 19.8 Å². The number of hydrogen-bond donors (Lipinski definition) is 0. The van der Waals surface area contributed by atoms with Crippen LogP contribution in [0, 0.1) is 6.92 Å². The van der Waals surface area contributed by atoms with E-state index in [0.29, 0.717) is 24.3 Å². The molecule has 0 aliphatic rings. The van der Waals surface area contributed by atoms with Crippen molar-refractivity contribution in [2.24, 2.45) is 0 Å². The molecule has 0 aromatic heterocycles. The zero-order valence-electron chi connectivity index (χ0n) is 11.1. The lowest BCUT2D eigenvalue weighted by Gasteiger charge is -2.10. The zero-order chi connectivity index (χ0) is 14.3. The third kappa shape index (κ3) is 4.28. The minimum absolute atomic E-state index is 0.225. The van der Waals surface area contributed by atoms with Gasteiger partial charge in [-0.25, -0.2) is 4.79 Å². The summed E-state index contributed by atoms with van der Waals surface area (Å²) in [6.45, 7) is 5.59. The van der Waals surface area contributed by atoms with Gasteiger partial charge in [-0.2, -0.15) is 0 Å². The number of ether oxygens (including phenoxy) is 3. The summed E-state index contributed by atoms with van der Waals surface area (Å²) in [6.07, 6.45) is 0.685. The molecule has 0 unspecified atom stereocenters. The maximum atomic E-state index is 11.6. The molecule has 0 heterocycles. The van der Waals surface area contributed by atoms with E-state index in [9.17, 15) is 9.59 Å². The van der Waals surface area contributed by atoms with Crippen molar-refractivity contribution in [3.8, 4) is 11.5 Å². The average Bonchev–Trinajstić information content (AvgIpc) is 2.39. The van der Waals surface area contributed by atoms with Gasteiger partial charge in [0.25, 0.3) is 0 Å². The van der Waals surface area contributed by atoms with Gasteiger partial charge in [-0.1, -0.05) is 6.92 Å². The molecule has 0 saturated carbocycles. The monoisotopic (exact) mass is 265 g/mol. The standard InChI is InChI=1S/C14H17O5/c1-4-6-13(15)19-11-8-7-10(9-12(11)17-3)14(16)18-5-2/h7-9H,1,4-6H2,2-3H3. The van der Waals surface area contributed by atoms with Gasteiger partial charge in [0.15, 0.2) is 11.5 Å². The van der Waals surface area contributed by atoms with E-state index >= 15 is 0 Å². The minimum Gasteiger partial charge on any atom is -0.493 e. The largest absolute Gasteiger partial charge is 0.493 e. The third-order valence-electron chi connectivity index (χ3n) is 2.28. The number of hydrogen-bond acceptors (Lipinski definition) is 5. The van der Waals surface area contributed by atoms with Crippen molar-refractivity contribution < 1.29 is 23.8 Å². The highest BCUT2D eigenvalue weighted by molar-refractivity contribution is 5.90. The first-order valence-electron chi connectivity index (χ1n) is 5.97. The number of benzene rings is 1. The van der Waals surface area contributed by atoms with Gasteiger partial charge >= 0.3 is 11.9 Å². The number of methoxy groups -OCH3 is 1. The van der Waals surface area contributed by atoms with Crippen LogP contribution >= 0.6 is 0 Å². The molecule has 0 aliphatic heterocycles. The Morgan fingerprint density at radius 2 is 2.00 bits per heavy atom. The molecule has 0 saturated heterocycles. The molecule has 5 nitrogen and oxygen atoms in total. The van der Waals surface area contributed by atoms with Crippen molar-refractivity contribution >= 4 is 11.9 Å². The Balaban J connectivity index is 2.90. The second-order valence-electron chi connectivity index (χ2n) is 3.66. The Morgan fingerprint density at radius 3 is 2.58 bits per heavy atom. The number of rotatable bonds is 6. The third-order valence-corrected chi connectivity index (χ3v) is 2.28. The normalized spacial score (nSPS) is 9.84. The first-order chi connectivity index (χ1) is 9.12. The van der Waals surface area contributed by atoms with E-state index in [1.165, 1.54) is 25.3 Å². The molecule has 19 heavy (non-hydrogen) atoms. The van der Waals surface area contributed by atoms with Gasteiger partial charge in [0.1, 0.15) is 0 Å². The van der Waals surface area contributed by atoms with E-state index in [0.717, 1.165) is 0 Å². The van der Waals surface area contributed by atoms with Gasteiger partial charge < -0.3 is 14.2 Å². The van der Waals surface area contributed by atoms with Crippen LogP contribution in [0.15, 0.2) is 18.2 Å². The molecule has 0 N–H and O–H groups in total. The van der Waals surface area contributed by atoms with Crippen LogP contribution in [0.25, 0.3) is 0 Å². The highest BCUT2D eigenvalue weighted by Crippen LogP contribution is 2.28. The summed E-state index contributed by atoms with van der Waals surface area (Å²) in [5.41, 5.74) is 0.343. The second-order valence-corrected chi connectivity index (χ2v) is 3.66. The van der Waals surface area contributed by atoms with Crippen molar-refractivity contribution in [3.05, 3.63) is 30.7 Å². The maximum Gasteiger partial charge on any atom is 0.338 e. The van der Waals surface area contributed by atoms with Gasteiger partial charge in [-0.15, -0.1) is 0 Å². The molecular formula is C14H17O5. The summed E-state index contributed by atoms with van der Waals surface area (Å²) < 4.78 is 15.1. The molecule has 0 spiro atoms. The van der Waals surface area contributed by atoms with Crippen LogP contribution in [0.5, 0.6) is 11.5 Å². The van der Waals surface area contributed by atoms with Crippen LogP contribution in [0.2, 0.25) is 0 Å². The Hall–Kier alpha value is -2.04. The highest BCUT2D eigenvalue weighted by Gasteiger charge is 2.14. The SMILES string of the molecule is [CH2]CCC(=O)Oc1ccc(C(=O)OCC)cc1OC. The molecule has 0 atom stereocenters. The molecule has 0 bridgehead atoms. The molecule has 5 heteroatoms. The molecule has 103 valence electrons. The van der Waals surface area contributed by atoms with Gasteiger partial charge in [0.05, 0.1) is 19.3 Å². The van der Waals surface area contributed by atoms with Crippen molar-refractivity contribution in [3.63, 3.8) is 0 Å². The lowest BCUT2D eigenvalue weighted by molar-refractivity contribution is -0.134. The summed E-state index contributed by atoms with van der Waals surface area (Å²) in [5.74, 6) is -0.259. The van der Waals surface area contributed by atoms with E-state index in [4.69, 9.17) is 14.2 Å². The van der Waals surface area contributed by atoms with Gasteiger partial charge in [-0.3, -0.25) is 4.79 Å². The Kier molecular flexibility index (Phi) is 5.85. The maximum absolute atomic E-state index is 11.6. The van der Waals surface area contributed by atoms with E-state index in [1.54, 1.807) is 6.92 Å². The molecular weight excluding hydrogens is 248 g/mol. The zero-order valence-corrected chi connectivity index (χ0v) is 11.1. The predicted octanol–water partition coefficient (Wildman–Crippen LogP) is 2.39. The van der Waals surface area contributed by atoms with Gasteiger partial charge in [0, 0.05) is 6.42 Å². The minimum atomic E-state index is -0.448. The highest BCUT2D eigenvalue weighted by atomic mass is 16.6. The fraction of sp³-hybridized carbons (Fsp3) is 0.357. The summed E-state index contributed by atoms with van der Waals surface area (Å²) in [7, 11) is 1.43. The topological polar surface area (TPSA) is 61.8 Å². The molecule has 1 radical (unpaired) electrons. The van der Waals surface area contributed by atoms with Crippen LogP contribution in [0.1, 0.15) is 30.1 Å². The van der Waals surface area contributed by atoms with Crippen LogP contribution in [-0.4, -0.2) is 25.7 Å². The quantitative estimate of drug-likeness (QED) is 0.583. The fourth-order valence-corrected chi connectivity index (χ4v) is 1.41.